The van der Waals surface area contributed by atoms with E-state index in [1.54, 1.807) is 0 Å². The smallest absolute Gasteiger partial charge is 0.388 e. The first kappa shape index (κ1) is 15.7. The maximum Gasteiger partial charge on any atom is 0.388 e. The van der Waals surface area contributed by atoms with Crippen LogP contribution in [0.25, 0.3) is 0 Å². The first-order chi connectivity index (χ1) is 9.85. The van der Waals surface area contributed by atoms with Gasteiger partial charge >= 0.3 is 12.3 Å². The number of hydrogen-bond acceptors (Lipinski definition) is 7. The van der Waals surface area contributed by atoms with Crippen LogP contribution in [-0.4, -0.2) is 56.4 Å². The third kappa shape index (κ3) is 3.00. The molecule has 21 heavy (non-hydrogen) atoms. The summed E-state index contributed by atoms with van der Waals surface area (Å²) in [5, 5.41) is 28.1. The molecule has 0 radical (unpaired) electrons. The molecule has 4 atom stereocenters. The predicted octanol–water partition coefficient (Wildman–Crippen LogP) is -1.40. The van der Waals surface area contributed by atoms with Crippen molar-refractivity contribution >= 4 is 0 Å². The van der Waals surface area contributed by atoms with E-state index in [2.05, 4.69) is 9.72 Å². The van der Waals surface area contributed by atoms with Gasteiger partial charge in [0, 0.05) is 0 Å². The average Bonchev–Trinajstić information content (AvgIpc) is 2.69. The van der Waals surface area contributed by atoms with E-state index < -0.39 is 55.1 Å². The van der Waals surface area contributed by atoms with Gasteiger partial charge in [-0.05, 0) is 0 Å². The quantitative estimate of drug-likeness (QED) is 0.626. The summed E-state index contributed by atoms with van der Waals surface area (Å²) in [6, 6.07) is 0. The molecule has 11 heteroatoms. The summed E-state index contributed by atoms with van der Waals surface area (Å²) in [5.41, 5.74) is -1.23. The van der Waals surface area contributed by atoms with Gasteiger partial charge in [0.1, 0.15) is 18.3 Å². The molecule has 0 unspecified atom stereocenters. The van der Waals surface area contributed by atoms with Gasteiger partial charge in [0.2, 0.25) is 5.82 Å². The van der Waals surface area contributed by atoms with Gasteiger partial charge in [-0.1, -0.05) is 0 Å². The van der Waals surface area contributed by atoms with Crippen LogP contribution in [-0.2, 0) is 4.74 Å². The van der Waals surface area contributed by atoms with E-state index in [0.717, 1.165) is 0 Å². The Labute approximate surface area is 115 Å². The fourth-order valence-corrected chi connectivity index (χ4v) is 1.89. The molecule has 1 fully saturated rings. The van der Waals surface area contributed by atoms with Crippen molar-refractivity contribution < 1.29 is 38.0 Å². The minimum atomic E-state index is -3.36. The largest absolute Gasteiger partial charge is 0.414 e. The molecule has 0 saturated carbocycles. The maximum absolute atomic E-state index is 13.5. The Kier molecular flexibility index (Phi) is 4.46. The lowest BCUT2D eigenvalue weighted by Crippen LogP contribution is -2.36. The Bertz CT molecular complexity index is 568. The van der Waals surface area contributed by atoms with Crippen LogP contribution in [0.4, 0.5) is 13.2 Å². The van der Waals surface area contributed by atoms with E-state index in [4.69, 9.17) is 9.84 Å². The number of halogens is 3. The number of aliphatic hydroxyl groups excluding tert-OH is 3. The SMILES string of the molecule is O=c1nc(OC(F)F)c(F)cn1[C@@H]1O[C@H](CO)[C@@H](O)[C@H]1O. The molecule has 0 spiro atoms. The second-order valence-corrected chi connectivity index (χ2v) is 4.19. The van der Waals surface area contributed by atoms with Crippen LogP contribution in [0.5, 0.6) is 5.88 Å². The molecule has 0 aliphatic carbocycles. The zero-order valence-electron chi connectivity index (χ0n) is 10.3. The van der Waals surface area contributed by atoms with Gasteiger partial charge in [-0.3, -0.25) is 4.57 Å². The summed E-state index contributed by atoms with van der Waals surface area (Å²) < 4.78 is 46.7. The minimum Gasteiger partial charge on any atom is -0.414 e. The second kappa shape index (κ2) is 5.97. The van der Waals surface area contributed by atoms with Crippen molar-refractivity contribution in [2.45, 2.75) is 31.2 Å². The van der Waals surface area contributed by atoms with Crippen LogP contribution in [0.3, 0.4) is 0 Å². The van der Waals surface area contributed by atoms with Crippen molar-refractivity contribution in [3.63, 3.8) is 0 Å². The standard InChI is InChI=1S/C10H11F3N2O6/c11-3-1-15(10(19)14-7(3)21-9(12)13)8-6(18)5(17)4(2-16)20-8/h1,4-6,8-9,16-18H,2H2/t4-,5-,6-,8-/m1/s1. The Morgan fingerprint density at radius 1 is 1.43 bits per heavy atom. The number of nitrogens with zero attached hydrogens (tertiary/aromatic N) is 2. The van der Waals surface area contributed by atoms with E-state index in [-0.39, 0.29) is 0 Å². The fourth-order valence-electron chi connectivity index (χ4n) is 1.89. The normalized spacial score (nSPS) is 29.1. The zero-order chi connectivity index (χ0) is 15.7. The average molecular weight is 312 g/mol. The van der Waals surface area contributed by atoms with Gasteiger partial charge in [-0.25, -0.2) is 4.79 Å². The van der Waals surface area contributed by atoms with E-state index in [1.807, 2.05) is 0 Å². The van der Waals surface area contributed by atoms with Gasteiger partial charge in [0.05, 0.1) is 12.8 Å². The Hall–Kier alpha value is -1.69. The predicted molar refractivity (Wildman–Crippen MR) is 58.1 cm³/mol. The lowest BCUT2D eigenvalue weighted by molar-refractivity contribution is -0.0616. The summed E-state index contributed by atoms with van der Waals surface area (Å²) in [7, 11) is 0. The summed E-state index contributed by atoms with van der Waals surface area (Å²) in [6.45, 7) is -4.01. The van der Waals surface area contributed by atoms with Crippen LogP contribution < -0.4 is 10.4 Å². The van der Waals surface area contributed by atoms with Gasteiger partial charge in [0.15, 0.2) is 6.23 Å². The highest BCUT2D eigenvalue weighted by molar-refractivity contribution is 5.10. The highest BCUT2D eigenvalue weighted by Gasteiger charge is 2.44. The molecule has 1 aromatic heterocycles. The minimum absolute atomic E-state index is 0.452. The lowest BCUT2D eigenvalue weighted by Gasteiger charge is -2.17. The molecule has 2 rings (SSSR count). The van der Waals surface area contributed by atoms with Crippen LogP contribution in [0.1, 0.15) is 6.23 Å². The van der Waals surface area contributed by atoms with Crippen LogP contribution in [0, 0.1) is 5.82 Å². The van der Waals surface area contributed by atoms with Gasteiger partial charge < -0.3 is 24.8 Å². The summed E-state index contributed by atoms with van der Waals surface area (Å²) in [6.07, 6.45) is -5.40. The third-order valence-corrected chi connectivity index (χ3v) is 2.87. The highest BCUT2D eigenvalue weighted by Crippen LogP contribution is 2.28. The molecule has 1 aliphatic rings. The van der Waals surface area contributed by atoms with E-state index in [1.165, 1.54) is 0 Å². The second-order valence-electron chi connectivity index (χ2n) is 4.19. The van der Waals surface area contributed by atoms with Crippen molar-refractivity contribution in [3.8, 4) is 5.88 Å². The molecule has 2 heterocycles. The number of aromatic nitrogens is 2. The van der Waals surface area contributed by atoms with Crippen molar-refractivity contribution in [2.75, 3.05) is 6.61 Å². The number of aliphatic hydroxyl groups is 3. The van der Waals surface area contributed by atoms with Crippen molar-refractivity contribution in [3.05, 3.63) is 22.5 Å². The fraction of sp³-hybridized carbons (Fsp3) is 0.600. The van der Waals surface area contributed by atoms with Crippen LogP contribution in [0.2, 0.25) is 0 Å². The van der Waals surface area contributed by atoms with Crippen molar-refractivity contribution in [1.82, 2.24) is 9.55 Å². The molecule has 0 aromatic carbocycles. The van der Waals surface area contributed by atoms with E-state index in [9.17, 15) is 28.2 Å². The molecule has 118 valence electrons. The van der Waals surface area contributed by atoms with Gasteiger partial charge in [-0.15, -0.1) is 0 Å². The molecular formula is C10H11F3N2O6. The number of rotatable bonds is 4. The molecule has 0 bridgehead atoms. The first-order valence-corrected chi connectivity index (χ1v) is 5.71. The maximum atomic E-state index is 13.5. The summed E-state index contributed by atoms with van der Waals surface area (Å²) >= 11 is 0. The monoisotopic (exact) mass is 312 g/mol. The molecule has 0 amide bonds. The van der Waals surface area contributed by atoms with Crippen LogP contribution >= 0.6 is 0 Å². The van der Waals surface area contributed by atoms with Crippen molar-refractivity contribution in [1.29, 1.82) is 0 Å². The first-order valence-electron chi connectivity index (χ1n) is 5.71. The highest BCUT2D eigenvalue weighted by atomic mass is 19.3. The third-order valence-electron chi connectivity index (χ3n) is 2.87. The molecular weight excluding hydrogens is 301 g/mol. The topological polar surface area (TPSA) is 114 Å². The van der Waals surface area contributed by atoms with Crippen LogP contribution in [0.15, 0.2) is 11.0 Å². The van der Waals surface area contributed by atoms with Gasteiger partial charge in [-0.2, -0.15) is 18.2 Å². The lowest BCUT2D eigenvalue weighted by atomic mass is 10.1. The summed E-state index contributed by atoms with van der Waals surface area (Å²) in [5.74, 6) is -2.58. The number of hydrogen-bond donors (Lipinski definition) is 3. The number of ether oxygens (including phenoxy) is 2. The molecule has 8 nitrogen and oxygen atoms in total. The van der Waals surface area contributed by atoms with E-state index >= 15 is 0 Å². The summed E-state index contributed by atoms with van der Waals surface area (Å²) in [4.78, 5) is 14.6. The Morgan fingerprint density at radius 2 is 2.10 bits per heavy atom. The Morgan fingerprint density at radius 3 is 2.62 bits per heavy atom. The molecule has 1 aliphatic heterocycles. The van der Waals surface area contributed by atoms with E-state index in [0.29, 0.717) is 10.8 Å². The van der Waals surface area contributed by atoms with Crippen molar-refractivity contribution in [2.24, 2.45) is 0 Å². The number of alkyl halides is 2. The molecule has 1 saturated heterocycles. The molecule has 3 N–H and O–H groups in total. The van der Waals surface area contributed by atoms with Gasteiger partial charge in [0.25, 0.3) is 5.88 Å². The zero-order valence-corrected chi connectivity index (χ0v) is 10.3. The Balaban J connectivity index is 2.33. The molecule has 1 aromatic rings.